The lowest BCUT2D eigenvalue weighted by Crippen LogP contribution is -1.86. The fourth-order valence-electron chi connectivity index (χ4n) is 0.886. The van der Waals surface area contributed by atoms with E-state index >= 15 is 0 Å². The molecule has 1 heteroatoms. The number of hydrogen-bond donors (Lipinski definition) is 0. The van der Waals surface area contributed by atoms with Gasteiger partial charge < -0.3 is 4.57 Å². The minimum Gasteiger partial charge on any atom is -0.351 e. The third-order valence-electron chi connectivity index (χ3n) is 1.51. The molecule has 1 rings (SSSR count). The molecule has 54 valence electrons. The molecule has 1 aromatic rings. The zero-order valence-corrected chi connectivity index (χ0v) is 6.54. The zero-order valence-electron chi connectivity index (χ0n) is 6.54. The molecule has 0 saturated heterocycles. The Kier molecular flexibility index (Phi) is 2.32. The Hall–Kier alpha value is -0.980. The monoisotopic (exact) mass is 135 g/mol. The average molecular weight is 135 g/mol. The van der Waals surface area contributed by atoms with Crippen molar-refractivity contribution in [2.75, 3.05) is 0 Å². The summed E-state index contributed by atoms with van der Waals surface area (Å²) in [5.41, 5.74) is 1.27. The average Bonchev–Trinajstić information content (AvgIpc) is 2.31. The van der Waals surface area contributed by atoms with Gasteiger partial charge in [0.1, 0.15) is 0 Å². The molecule has 0 N–H and O–H groups in total. The van der Waals surface area contributed by atoms with Crippen molar-refractivity contribution in [2.24, 2.45) is 7.05 Å². The molecule has 0 bridgehead atoms. The predicted molar refractivity (Wildman–Crippen MR) is 44.7 cm³/mol. The van der Waals surface area contributed by atoms with Gasteiger partial charge in [0.25, 0.3) is 0 Å². The summed E-state index contributed by atoms with van der Waals surface area (Å²) in [4.78, 5) is 0. The van der Waals surface area contributed by atoms with Gasteiger partial charge in [-0.05, 0) is 24.6 Å². The van der Waals surface area contributed by atoms with Crippen LogP contribution in [0.3, 0.4) is 0 Å². The van der Waals surface area contributed by atoms with Crippen molar-refractivity contribution in [3.63, 3.8) is 0 Å². The van der Waals surface area contributed by atoms with Crippen molar-refractivity contribution in [3.05, 3.63) is 30.1 Å². The second kappa shape index (κ2) is 3.25. The summed E-state index contributed by atoms with van der Waals surface area (Å²) < 4.78 is 2.10. The maximum absolute atomic E-state index is 2.16. The SMILES string of the molecule is CC/C=C/c1cccn1C. The van der Waals surface area contributed by atoms with E-state index in [0.717, 1.165) is 6.42 Å². The molecule has 1 heterocycles. The fourth-order valence-corrected chi connectivity index (χ4v) is 0.886. The van der Waals surface area contributed by atoms with Gasteiger partial charge in [-0.1, -0.05) is 13.0 Å². The van der Waals surface area contributed by atoms with Crippen molar-refractivity contribution < 1.29 is 0 Å². The van der Waals surface area contributed by atoms with E-state index in [9.17, 15) is 0 Å². The normalized spacial score (nSPS) is 11.0. The van der Waals surface area contributed by atoms with Crippen molar-refractivity contribution in [2.45, 2.75) is 13.3 Å². The number of aromatic nitrogens is 1. The Labute approximate surface area is 62.0 Å². The molecule has 0 spiro atoms. The van der Waals surface area contributed by atoms with Gasteiger partial charge in [-0.15, -0.1) is 0 Å². The van der Waals surface area contributed by atoms with E-state index in [1.54, 1.807) is 0 Å². The number of rotatable bonds is 2. The molecule has 0 radical (unpaired) electrons. The highest BCUT2D eigenvalue weighted by Crippen LogP contribution is 2.01. The van der Waals surface area contributed by atoms with E-state index in [1.807, 2.05) is 0 Å². The van der Waals surface area contributed by atoms with Gasteiger partial charge in [0.05, 0.1) is 0 Å². The number of hydrogen-bond acceptors (Lipinski definition) is 0. The first kappa shape index (κ1) is 7.13. The van der Waals surface area contributed by atoms with E-state index < -0.39 is 0 Å². The first-order valence-corrected chi connectivity index (χ1v) is 3.62. The highest BCUT2D eigenvalue weighted by atomic mass is 14.9. The first-order chi connectivity index (χ1) is 4.84. The number of allylic oxidation sites excluding steroid dienone is 1. The van der Waals surface area contributed by atoms with Gasteiger partial charge in [-0.3, -0.25) is 0 Å². The molecule has 0 saturated carbocycles. The molecule has 0 aliphatic heterocycles. The quantitative estimate of drug-likeness (QED) is 0.587. The van der Waals surface area contributed by atoms with Crippen LogP contribution in [0, 0.1) is 0 Å². The lowest BCUT2D eigenvalue weighted by molar-refractivity contribution is 0.914. The summed E-state index contributed by atoms with van der Waals surface area (Å²) in [6.45, 7) is 2.14. The second-order valence-electron chi connectivity index (χ2n) is 2.35. The maximum Gasteiger partial charge on any atom is 0.0400 e. The highest BCUT2D eigenvalue weighted by Gasteiger charge is 1.87. The summed E-state index contributed by atoms with van der Waals surface area (Å²) in [5.74, 6) is 0. The van der Waals surface area contributed by atoms with Gasteiger partial charge in [0, 0.05) is 18.9 Å². The van der Waals surface area contributed by atoms with Crippen LogP contribution in [0.4, 0.5) is 0 Å². The van der Waals surface area contributed by atoms with E-state index in [1.165, 1.54) is 5.69 Å². The molecule has 10 heavy (non-hydrogen) atoms. The smallest absolute Gasteiger partial charge is 0.0400 e. The second-order valence-corrected chi connectivity index (χ2v) is 2.35. The Morgan fingerprint density at radius 3 is 2.90 bits per heavy atom. The maximum atomic E-state index is 2.16. The summed E-state index contributed by atoms with van der Waals surface area (Å²) in [6.07, 6.45) is 7.45. The minimum absolute atomic E-state index is 1.10. The Bertz CT molecular complexity index is 220. The van der Waals surface area contributed by atoms with Gasteiger partial charge in [-0.2, -0.15) is 0 Å². The van der Waals surface area contributed by atoms with Crippen LogP contribution >= 0.6 is 0 Å². The van der Waals surface area contributed by atoms with Gasteiger partial charge in [0.2, 0.25) is 0 Å². The predicted octanol–water partition coefficient (Wildman–Crippen LogP) is 2.45. The Morgan fingerprint density at radius 1 is 1.60 bits per heavy atom. The third kappa shape index (κ3) is 1.50. The zero-order chi connectivity index (χ0) is 7.40. The van der Waals surface area contributed by atoms with E-state index in [-0.39, 0.29) is 0 Å². The molecular weight excluding hydrogens is 122 g/mol. The Balaban J connectivity index is 2.74. The summed E-state index contributed by atoms with van der Waals surface area (Å²) in [6, 6.07) is 4.15. The van der Waals surface area contributed by atoms with E-state index in [4.69, 9.17) is 0 Å². The summed E-state index contributed by atoms with van der Waals surface area (Å²) in [7, 11) is 2.05. The van der Waals surface area contributed by atoms with Crippen LogP contribution in [0.2, 0.25) is 0 Å². The molecule has 0 amide bonds. The van der Waals surface area contributed by atoms with Crippen LogP contribution in [0.1, 0.15) is 19.0 Å². The molecule has 0 aromatic carbocycles. The molecule has 0 fully saturated rings. The van der Waals surface area contributed by atoms with Crippen LogP contribution in [0.5, 0.6) is 0 Å². The molecule has 0 aliphatic rings. The molecule has 0 atom stereocenters. The lowest BCUT2D eigenvalue weighted by atomic mass is 10.3. The van der Waals surface area contributed by atoms with Crippen molar-refractivity contribution in [3.8, 4) is 0 Å². The van der Waals surface area contributed by atoms with Crippen molar-refractivity contribution in [1.29, 1.82) is 0 Å². The van der Waals surface area contributed by atoms with E-state index in [2.05, 4.69) is 49.0 Å². The van der Waals surface area contributed by atoms with Crippen LogP contribution < -0.4 is 0 Å². The van der Waals surface area contributed by atoms with Gasteiger partial charge in [-0.25, -0.2) is 0 Å². The number of nitrogens with zero attached hydrogens (tertiary/aromatic N) is 1. The van der Waals surface area contributed by atoms with Gasteiger partial charge >= 0.3 is 0 Å². The summed E-state index contributed by atoms with van der Waals surface area (Å²) >= 11 is 0. The third-order valence-corrected chi connectivity index (χ3v) is 1.51. The lowest BCUT2D eigenvalue weighted by Gasteiger charge is -1.93. The molecule has 1 nitrogen and oxygen atoms in total. The largest absolute Gasteiger partial charge is 0.351 e. The first-order valence-electron chi connectivity index (χ1n) is 3.62. The summed E-state index contributed by atoms with van der Waals surface area (Å²) in [5, 5.41) is 0. The number of aryl methyl sites for hydroxylation is 1. The standard InChI is InChI=1S/C9H13N/c1-3-4-6-9-7-5-8-10(9)2/h4-8H,3H2,1-2H3/b6-4+. The van der Waals surface area contributed by atoms with Crippen LogP contribution in [0.25, 0.3) is 6.08 Å². The van der Waals surface area contributed by atoms with Crippen LogP contribution in [-0.4, -0.2) is 4.57 Å². The minimum atomic E-state index is 1.10. The van der Waals surface area contributed by atoms with E-state index in [0.29, 0.717) is 0 Å². The van der Waals surface area contributed by atoms with Crippen molar-refractivity contribution in [1.82, 2.24) is 4.57 Å². The Morgan fingerprint density at radius 2 is 2.40 bits per heavy atom. The van der Waals surface area contributed by atoms with Crippen LogP contribution in [0.15, 0.2) is 24.4 Å². The van der Waals surface area contributed by atoms with Crippen LogP contribution in [-0.2, 0) is 7.05 Å². The molecule has 0 aliphatic carbocycles. The van der Waals surface area contributed by atoms with Gasteiger partial charge in [0.15, 0.2) is 0 Å². The molecule has 1 aromatic heterocycles. The highest BCUT2D eigenvalue weighted by molar-refractivity contribution is 5.44. The van der Waals surface area contributed by atoms with Crippen molar-refractivity contribution >= 4 is 6.08 Å². The molecule has 0 unspecified atom stereocenters. The topological polar surface area (TPSA) is 4.93 Å². The molecular formula is C9H13N. The fraction of sp³-hybridized carbons (Fsp3) is 0.333.